The van der Waals surface area contributed by atoms with Crippen LogP contribution in [-0.4, -0.2) is 10.7 Å². The zero-order valence-corrected chi connectivity index (χ0v) is 9.30. The highest BCUT2D eigenvalue weighted by Crippen LogP contribution is 2.33. The van der Waals surface area contributed by atoms with Crippen LogP contribution in [0.3, 0.4) is 0 Å². The maximum atomic E-state index is 9.84. The largest absolute Gasteiger partial charge is 0.390 e. The van der Waals surface area contributed by atoms with Gasteiger partial charge in [-0.2, -0.15) is 0 Å². The van der Waals surface area contributed by atoms with Crippen LogP contribution in [0, 0.1) is 11.8 Å². The van der Waals surface area contributed by atoms with Crippen LogP contribution in [0.2, 0.25) is 0 Å². The summed E-state index contributed by atoms with van der Waals surface area (Å²) in [5, 5.41) is 9.84. The molecule has 1 aliphatic rings. The van der Waals surface area contributed by atoms with Crippen LogP contribution in [-0.2, 0) is 0 Å². The van der Waals surface area contributed by atoms with Crippen molar-refractivity contribution in [2.75, 3.05) is 0 Å². The molecule has 0 amide bonds. The molecule has 0 saturated heterocycles. The first-order valence-corrected chi connectivity index (χ1v) is 5.32. The molecule has 1 heteroatoms. The third-order valence-electron chi connectivity index (χ3n) is 3.19. The summed E-state index contributed by atoms with van der Waals surface area (Å²) in [7, 11) is 0. The zero-order chi connectivity index (χ0) is 10.1. The summed E-state index contributed by atoms with van der Waals surface area (Å²) >= 11 is 0. The summed E-state index contributed by atoms with van der Waals surface area (Å²) in [5.41, 5.74) is 1.07. The van der Waals surface area contributed by atoms with E-state index in [1.807, 2.05) is 13.8 Å². The van der Waals surface area contributed by atoms with Crippen molar-refractivity contribution >= 4 is 0 Å². The Morgan fingerprint density at radius 3 is 2.38 bits per heavy atom. The summed E-state index contributed by atoms with van der Waals surface area (Å²) in [6.45, 7) is 8.34. The lowest BCUT2D eigenvalue weighted by Gasteiger charge is -2.32. The maximum absolute atomic E-state index is 9.84. The second-order valence-corrected chi connectivity index (χ2v) is 5.06. The van der Waals surface area contributed by atoms with Gasteiger partial charge in [0.2, 0.25) is 0 Å². The summed E-state index contributed by atoms with van der Waals surface area (Å²) in [4.78, 5) is 0. The molecule has 0 aromatic rings. The molecule has 0 fully saturated rings. The van der Waals surface area contributed by atoms with E-state index in [9.17, 15) is 5.11 Å². The number of allylic oxidation sites excluding steroid dienone is 2. The molecule has 76 valence electrons. The van der Waals surface area contributed by atoms with Crippen LogP contribution in [0.5, 0.6) is 0 Å². The topological polar surface area (TPSA) is 20.2 Å². The molecule has 0 aromatic heterocycles. The van der Waals surface area contributed by atoms with Gasteiger partial charge in [0.05, 0.1) is 5.60 Å². The van der Waals surface area contributed by atoms with Gasteiger partial charge in [-0.1, -0.05) is 25.5 Å². The first-order valence-electron chi connectivity index (χ1n) is 5.32. The normalized spacial score (nSPS) is 24.8. The van der Waals surface area contributed by atoms with Crippen LogP contribution in [0.15, 0.2) is 11.6 Å². The Morgan fingerprint density at radius 2 is 2.08 bits per heavy atom. The average Bonchev–Trinajstić information content (AvgIpc) is 2.03. The summed E-state index contributed by atoms with van der Waals surface area (Å²) in [6.07, 6.45) is 5.70. The van der Waals surface area contributed by atoms with Gasteiger partial charge in [-0.05, 0) is 44.9 Å². The van der Waals surface area contributed by atoms with E-state index in [2.05, 4.69) is 19.9 Å². The van der Waals surface area contributed by atoms with Gasteiger partial charge in [0.15, 0.2) is 0 Å². The molecule has 0 saturated carbocycles. The van der Waals surface area contributed by atoms with Crippen molar-refractivity contribution in [2.45, 2.75) is 52.6 Å². The molecule has 1 nitrogen and oxygen atoms in total. The van der Waals surface area contributed by atoms with Crippen molar-refractivity contribution in [1.82, 2.24) is 0 Å². The van der Waals surface area contributed by atoms with Crippen LogP contribution < -0.4 is 0 Å². The average molecular weight is 182 g/mol. The van der Waals surface area contributed by atoms with Gasteiger partial charge in [0.25, 0.3) is 0 Å². The van der Waals surface area contributed by atoms with E-state index < -0.39 is 5.60 Å². The van der Waals surface area contributed by atoms with Gasteiger partial charge >= 0.3 is 0 Å². The van der Waals surface area contributed by atoms with E-state index in [0.717, 1.165) is 12.8 Å². The highest BCUT2D eigenvalue weighted by Gasteiger charge is 2.28. The van der Waals surface area contributed by atoms with E-state index in [-0.39, 0.29) is 0 Å². The first kappa shape index (κ1) is 10.8. The molecule has 1 rings (SSSR count). The van der Waals surface area contributed by atoms with Crippen molar-refractivity contribution in [3.63, 3.8) is 0 Å². The fourth-order valence-corrected chi connectivity index (χ4v) is 2.02. The van der Waals surface area contributed by atoms with Crippen molar-refractivity contribution in [3.8, 4) is 0 Å². The predicted molar refractivity (Wildman–Crippen MR) is 56.6 cm³/mol. The minimum atomic E-state index is -0.501. The molecule has 1 aliphatic carbocycles. The van der Waals surface area contributed by atoms with Gasteiger partial charge in [-0.3, -0.25) is 0 Å². The lowest BCUT2D eigenvalue weighted by molar-refractivity contribution is 0.0122. The second-order valence-electron chi connectivity index (χ2n) is 5.06. The van der Waals surface area contributed by atoms with Crippen LogP contribution in [0.4, 0.5) is 0 Å². The van der Waals surface area contributed by atoms with Crippen molar-refractivity contribution < 1.29 is 5.11 Å². The molecule has 0 heterocycles. The van der Waals surface area contributed by atoms with E-state index in [1.54, 1.807) is 5.57 Å². The van der Waals surface area contributed by atoms with Crippen molar-refractivity contribution in [1.29, 1.82) is 0 Å². The van der Waals surface area contributed by atoms with Crippen LogP contribution in [0.25, 0.3) is 0 Å². The van der Waals surface area contributed by atoms with Gasteiger partial charge in [0.1, 0.15) is 0 Å². The highest BCUT2D eigenvalue weighted by atomic mass is 16.3. The van der Waals surface area contributed by atoms with E-state index in [0.29, 0.717) is 11.8 Å². The number of hydrogen-bond donors (Lipinski definition) is 1. The Balaban J connectivity index is 2.56. The molecule has 0 bridgehead atoms. The molecule has 0 radical (unpaired) electrons. The Morgan fingerprint density at radius 1 is 1.46 bits per heavy atom. The molecular formula is C12H22O. The lowest BCUT2D eigenvalue weighted by Crippen LogP contribution is -2.32. The lowest BCUT2D eigenvalue weighted by atomic mass is 9.77. The summed E-state index contributed by atoms with van der Waals surface area (Å²) in [6, 6.07) is 0. The standard InChI is InChI=1S/C12H22O/c1-9(2)10-5-7-11(8-6-10)12(3,4)13/h5,9,11,13H,6-8H2,1-4H3. The minimum Gasteiger partial charge on any atom is -0.390 e. The molecule has 1 atom stereocenters. The molecule has 1 unspecified atom stereocenters. The van der Waals surface area contributed by atoms with Gasteiger partial charge < -0.3 is 5.11 Å². The number of aliphatic hydroxyl groups is 1. The zero-order valence-electron chi connectivity index (χ0n) is 9.30. The Labute approximate surface area is 81.9 Å². The highest BCUT2D eigenvalue weighted by molar-refractivity contribution is 5.10. The van der Waals surface area contributed by atoms with E-state index >= 15 is 0 Å². The van der Waals surface area contributed by atoms with Gasteiger partial charge in [-0.25, -0.2) is 0 Å². The van der Waals surface area contributed by atoms with Gasteiger partial charge in [-0.15, -0.1) is 0 Å². The van der Waals surface area contributed by atoms with E-state index in [1.165, 1.54) is 6.42 Å². The molecular weight excluding hydrogens is 160 g/mol. The molecule has 0 spiro atoms. The second kappa shape index (κ2) is 3.83. The minimum absolute atomic E-state index is 0.454. The van der Waals surface area contributed by atoms with Crippen LogP contribution in [0.1, 0.15) is 47.0 Å². The smallest absolute Gasteiger partial charge is 0.0622 e. The number of hydrogen-bond acceptors (Lipinski definition) is 1. The third-order valence-corrected chi connectivity index (χ3v) is 3.19. The van der Waals surface area contributed by atoms with Crippen LogP contribution >= 0.6 is 0 Å². The summed E-state index contributed by atoms with van der Waals surface area (Å²) in [5.74, 6) is 1.14. The van der Waals surface area contributed by atoms with E-state index in [4.69, 9.17) is 0 Å². The van der Waals surface area contributed by atoms with Crippen molar-refractivity contribution in [2.24, 2.45) is 11.8 Å². The molecule has 0 aliphatic heterocycles. The first-order chi connectivity index (χ1) is 5.91. The fraction of sp³-hybridized carbons (Fsp3) is 0.833. The molecule has 1 N–H and O–H groups in total. The monoisotopic (exact) mass is 182 g/mol. The molecule has 13 heavy (non-hydrogen) atoms. The van der Waals surface area contributed by atoms with Gasteiger partial charge in [0, 0.05) is 0 Å². The quantitative estimate of drug-likeness (QED) is 0.650. The van der Waals surface area contributed by atoms with Crippen molar-refractivity contribution in [3.05, 3.63) is 11.6 Å². The Kier molecular flexibility index (Phi) is 3.18. The Bertz CT molecular complexity index is 196. The predicted octanol–water partition coefficient (Wildman–Crippen LogP) is 3.14. The SMILES string of the molecule is CC(C)C1=CCC(C(C)(C)O)CC1. The Hall–Kier alpha value is -0.300. The molecule has 0 aromatic carbocycles. The maximum Gasteiger partial charge on any atom is 0.0622 e. The fourth-order valence-electron chi connectivity index (χ4n) is 2.02. The number of rotatable bonds is 2. The summed E-state index contributed by atoms with van der Waals surface area (Å²) < 4.78 is 0. The third kappa shape index (κ3) is 2.84.